The van der Waals surface area contributed by atoms with E-state index in [1.807, 2.05) is 44.3 Å². The SMILES string of the molecule is CCOCCc1nnc(C(NC)c2ccccc2)o1. The maximum absolute atomic E-state index is 5.67. The van der Waals surface area contributed by atoms with Gasteiger partial charge in [-0.2, -0.15) is 0 Å². The highest BCUT2D eigenvalue weighted by Gasteiger charge is 2.18. The summed E-state index contributed by atoms with van der Waals surface area (Å²) in [6, 6.07) is 9.96. The van der Waals surface area contributed by atoms with Gasteiger partial charge in [-0.3, -0.25) is 0 Å². The summed E-state index contributed by atoms with van der Waals surface area (Å²) in [5.41, 5.74) is 1.10. The fourth-order valence-electron chi connectivity index (χ4n) is 1.87. The van der Waals surface area contributed by atoms with Gasteiger partial charge in [0.1, 0.15) is 6.04 Å². The lowest BCUT2D eigenvalue weighted by Crippen LogP contribution is -2.17. The van der Waals surface area contributed by atoms with Crippen LogP contribution in [0.3, 0.4) is 0 Å². The van der Waals surface area contributed by atoms with Gasteiger partial charge in [-0.25, -0.2) is 0 Å². The van der Waals surface area contributed by atoms with E-state index in [0.717, 1.165) is 5.56 Å². The second-order valence-corrected chi connectivity index (χ2v) is 4.11. The maximum Gasteiger partial charge on any atom is 0.237 e. The molecule has 2 aromatic rings. The summed E-state index contributed by atoms with van der Waals surface area (Å²) >= 11 is 0. The average molecular weight is 261 g/mol. The van der Waals surface area contributed by atoms with Crippen LogP contribution in [0, 0.1) is 0 Å². The first-order valence-electron chi connectivity index (χ1n) is 6.47. The molecular formula is C14H19N3O2. The maximum atomic E-state index is 5.67. The molecule has 1 aromatic carbocycles. The Kier molecular flexibility index (Phi) is 5.06. The van der Waals surface area contributed by atoms with Crippen molar-refractivity contribution in [2.45, 2.75) is 19.4 Å². The first-order chi connectivity index (χ1) is 9.35. The van der Waals surface area contributed by atoms with Crippen molar-refractivity contribution >= 4 is 0 Å². The van der Waals surface area contributed by atoms with E-state index in [2.05, 4.69) is 15.5 Å². The van der Waals surface area contributed by atoms with Gasteiger partial charge in [0.05, 0.1) is 6.61 Å². The molecule has 1 unspecified atom stereocenters. The highest BCUT2D eigenvalue weighted by molar-refractivity contribution is 5.23. The van der Waals surface area contributed by atoms with Crippen LogP contribution in [0.15, 0.2) is 34.7 Å². The molecule has 5 nitrogen and oxygen atoms in total. The molecule has 0 saturated heterocycles. The third-order valence-corrected chi connectivity index (χ3v) is 2.82. The van der Waals surface area contributed by atoms with Crippen molar-refractivity contribution in [3.05, 3.63) is 47.7 Å². The van der Waals surface area contributed by atoms with Crippen molar-refractivity contribution in [2.24, 2.45) is 0 Å². The van der Waals surface area contributed by atoms with Crippen LogP contribution in [-0.4, -0.2) is 30.5 Å². The third-order valence-electron chi connectivity index (χ3n) is 2.82. The summed E-state index contributed by atoms with van der Waals surface area (Å²) in [6.45, 7) is 3.27. The van der Waals surface area contributed by atoms with Gasteiger partial charge in [-0.15, -0.1) is 10.2 Å². The highest BCUT2D eigenvalue weighted by atomic mass is 16.5. The van der Waals surface area contributed by atoms with Gasteiger partial charge >= 0.3 is 0 Å². The molecule has 0 fully saturated rings. The fourth-order valence-corrected chi connectivity index (χ4v) is 1.87. The number of nitrogens with zero attached hydrogens (tertiary/aromatic N) is 2. The van der Waals surface area contributed by atoms with Gasteiger partial charge in [0.25, 0.3) is 0 Å². The zero-order valence-electron chi connectivity index (χ0n) is 11.3. The van der Waals surface area contributed by atoms with Crippen molar-refractivity contribution < 1.29 is 9.15 Å². The van der Waals surface area contributed by atoms with Gasteiger partial charge in [0.2, 0.25) is 11.8 Å². The van der Waals surface area contributed by atoms with Gasteiger partial charge in [0, 0.05) is 13.0 Å². The Morgan fingerprint density at radius 1 is 1.26 bits per heavy atom. The Hall–Kier alpha value is -1.72. The Balaban J connectivity index is 2.07. The van der Waals surface area contributed by atoms with Crippen LogP contribution in [0.1, 0.15) is 30.3 Å². The molecule has 0 aliphatic carbocycles. The van der Waals surface area contributed by atoms with Crippen LogP contribution in [-0.2, 0) is 11.2 Å². The number of nitrogens with one attached hydrogen (secondary N) is 1. The van der Waals surface area contributed by atoms with Gasteiger partial charge < -0.3 is 14.5 Å². The minimum absolute atomic E-state index is 0.0745. The predicted molar refractivity (Wildman–Crippen MR) is 71.8 cm³/mol. The van der Waals surface area contributed by atoms with E-state index in [1.165, 1.54) is 0 Å². The number of benzene rings is 1. The molecular weight excluding hydrogens is 242 g/mol. The van der Waals surface area contributed by atoms with Crippen molar-refractivity contribution in [3.8, 4) is 0 Å². The Morgan fingerprint density at radius 2 is 2.05 bits per heavy atom. The minimum atomic E-state index is -0.0745. The predicted octanol–water partition coefficient (Wildman–Crippen LogP) is 1.96. The quantitative estimate of drug-likeness (QED) is 0.772. The monoisotopic (exact) mass is 261 g/mol. The first kappa shape index (κ1) is 13.7. The lowest BCUT2D eigenvalue weighted by atomic mass is 10.1. The fraction of sp³-hybridized carbons (Fsp3) is 0.429. The van der Waals surface area contributed by atoms with E-state index in [0.29, 0.717) is 31.4 Å². The standard InChI is InChI=1S/C14H19N3O2/c1-3-18-10-9-12-16-17-14(19-12)13(15-2)11-7-5-4-6-8-11/h4-8,13,15H,3,9-10H2,1-2H3. The Bertz CT molecular complexity index is 484. The molecule has 1 aromatic heterocycles. The Labute approximate surface area is 113 Å². The van der Waals surface area contributed by atoms with Crippen LogP contribution in [0.4, 0.5) is 0 Å². The zero-order valence-corrected chi connectivity index (χ0v) is 11.3. The molecule has 2 rings (SSSR count). The van der Waals surface area contributed by atoms with Gasteiger partial charge in [-0.1, -0.05) is 30.3 Å². The average Bonchev–Trinajstić information content (AvgIpc) is 2.90. The summed E-state index contributed by atoms with van der Waals surface area (Å²) in [5.74, 6) is 1.19. The topological polar surface area (TPSA) is 60.2 Å². The second kappa shape index (κ2) is 7.01. The molecule has 0 radical (unpaired) electrons. The Morgan fingerprint density at radius 3 is 2.74 bits per heavy atom. The molecule has 19 heavy (non-hydrogen) atoms. The molecule has 0 spiro atoms. The second-order valence-electron chi connectivity index (χ2n) is 4.11. The molecule has 1 heterocycles. The smallest absolute Gasteiger partial charge is 0.237 e. The van der Waals surface area contributed by atoms with Crippen LogP contribution in [0.25, 0.3) is 0 Å². The number of ether oxygens (including phenoxy) is 1. The zero-order chi connectivity index (χ0) is 13.5. The lowest BCUT2D eigenvalue weighted by Gasteiger charge is -2.11. The normalized spacial score (nSPS) is 12.5. The molecule has 0 saturated carbocycles. The van der Waals surface area contributed by atoms with E-state index in [9.17, 15) is 0 Å². The summed E-state index contributed by atoms with van der Waals surface area (Å²) in [4.78, 5) is 0. The van der Waals surface area contributed by atoms with E-state index in [4.69, 9.17) is 9.15 Å². The number of rotatable bonds is 7. The molecule has 0 aliphatic rings. The van der Waals surface area contributed by atoms with Gasteiger partial charge in [-0.05, 0) is 19.5 Å². The van der Waals surface area contributed by atoms with Crippen LogP contribution < -0.4 is 5.32 Å². The molecule has 1 atom stereocenters. The van der Waals surface area contributed by atoms with Crippen molar-refractivity contribution in [1.29, 1.82) is 0 Å². The number of aromatic nitrogens is 2. The number of hydrogen-bond donors (Lipinski definition) is 1. The highest BCUT2D eigenvalue weighted by Crippen LogP contribution is 2.20. The van der Waals surface area contributed by atoms with Gasteiger partial charge in [0.15, 0.2) is 0 Å². The molecule has 102 valence electrons. The van der Waals surface area contributed by atoms with Crippen molar-refractivity contribution in [1.82, 2.24) is 15.5 Å². The molecule has 0 aliphatic heterocycles. The van der Waals surface area contributed by atoms with E-state index >= 15 is 0 Å². The summed E-state index contributed by atoms with van der Waals surface area (Å²) in [6.07, 6.45) is 0.645. The summed E-state index contributed by atoms with van der Waals surface area (Å²) < 4.78 is 10.9. The number of hydrogen-bond acceptors (Lipinski definition) is 5. The molecule has 5 heteroatoms. The van der Waals surface area contributed by atoms with E-state index < -0.39 is 0 Å². The third kappa shape index (κ3) is 3.62. The van der Waals surface area contributed by atoms with Crippen LogP contribution in [0.2, 0.25) is 0 Å². The molecule has 1 N–H and O–H groups in total. The summed E-state index contributed by atoms with van der Waals surface area (Å²) in [5, 5.41) is 11.3. The largest absolute Gasteiger partial charge is 0.423 e. The van der Waals surface area contributed by atoms with Crippen molar-refractivity contribution in [3.63, 3.8) is 0 Å². The first-order valence-corrected chi connectivity index (χ1v) is 6.47. The molecule has 0 amide bonds. The molecule has 0 bridgehead atoms. The lowest BCUT2D eigenvalue weighted by molar-refractivity contribution is 0.145. The summed E-state index contributed by atoms with van der Waals surface area (Å²) in [7, 11) is 1.88. The van der Waals surface area contributed by atoms with E-state index in [-0.39, 0.29) is 6.04 Å². The van der Waals surface area contributed by atoms with Crippen LogP contribution in [0.5, 0.6) is 0 Å². The minimum Gasteiger partial charge on any atom is -0.423 e. The van der Waals surface area contributed by atoms with Crippen molar-refractivity contribution in [2.75, 3.05) is 20.3 Å². The van der Waals surface area contributed by atoms with Crippen LogP contribution >= 0.6 is 0 Å². The van der Waals surface area contributed by atoms with E-state index in [1.54, 1.807) is 0 Å².